The van der Waals surface area contributed by atoms with Crippen molar-refractivity contribution >= 4 is 22.3 Å². The van der Waals surface area contributed by atoms with Crippen LogP contribution in [-0.2, 0) is 17.9 Å². The normalized spacial score (nSPS) is 13.4. The zero-order valence-electron chi connectivity index (χ0n) is 19.0. The van der Waals surface area contributed by atoms with Gasteiger partial charge in [-0.05, 0) is 42.3 Å². The number of hydrogen-bond acceptors (Lipinski definition) is 5. The third-order valence-electron chi connectivity index (χ3n) is 5.80. The smallest absolute Gasteiger partial charge is 0.0939 e. The average Bonchev–Trinajstić information content (AvgIpc) is 3.53. The molecule has 1 aliphatic heterocycles. The van der Waals surface area contributed by atoms with E-state index in [9.17, 15) is 0 Å². The summed E-state index contributed by atoms with van der Waals surface area (Å²) < 4.78 is 7.29. The fourth-order valence-electron chi connectivity index (χ4n) is 4.11. The summed E-state index contributed by atoms with van der Waals surface area (Å²) in [6.07, 6.45) is 8.31. The van der Waals surface area contributed by atoms with E-state index in [1.54, 1.807) is 7.11 Å². The number of fused-ring (bicyclic) bond motifs is 1. The third kappa shape index (κ3) is 4.47. The van der Waals surface area contributed by atoms with Crippen molar-refractivity contribution in [2.75, 3.05) is 13.7 Å². The molecule has 1 aliphatic rings. The van der Waals surface area contributed by atoms with Crippen LogP contribution < -0.4 is 0 Å². The van der Waals surface area contributed by atoms with Crippen LogP contribution in [0.3, 0.4) is 0 Å². The number of hydrogen-bond donors (Lipinski definition) is 0. The minimum atomic E-state index is 0.580. The Labute approximate surface area is 193 Å². The van der Waals surface area contributed by atoms with E-state index in [0.29, 0.717) is 13.2 Å². The highest BCUT2D eigenvalue weighted by Crippen LogP contribution is 2.27. The Bertz CT molecular complexity index is 1350. The van der Waals surface area contributed by atoms with Gasteiger partial charge in [-0.2, -0.15) is 5.10 Å². The molecule has 4 aromatic rings. The van der Waals surface area contributed by atoms with Crippen LogP contribution >= 0.6 is 0 Å². The van der Waals surface area contributed by atoms with E-state index in [-0.39, 0.29) is 0 Å². The molecule has 5 rings (SSSR count). The van der Waals surface area contributed by atoms with E-state index in [1.165, 1.54) is 0 Å². The van der Waals surface area contributed by atoms with Gasteiger partial charge in [0.25, 0.3) is 0 Å². The topological polar surface area (TPSA) is 65.2 Å². The lowest BCUT2D eigenvalue weighted by Gasteiger charge is -2.10. The highest BCUT2D eigenvalue weighted by atomic mass is 16.5. The van der Waals surface area contributed by atoms with E-state index >= 15 is 0 Å². The maximum Gasteiger partial charge on any atom is 0.0939 e. The molecule has 0 fully saturated rings. The lowest BCUT2D eigenvalue weighted by atomic mass is 9.98. The summed E-state index contributed by atoms with van der Waals surface area (Å²) in [5.74, 6) is 0. The van der Waals surface area contributed by atoms with Crippen molar-refractivity contribution in [3.8, 4) is 11.3 Å². The number of aromatic nitrogens is 4. The molecule has 0 saturated carbocycles. The van der Waals surface area contributed by atoms with Crippen LogP contribution in [0.15, 0.2) is 72.0 Å². The molecule has 0 unspecified atom stereocenters. The first kappa shape index (κ1) is 21.2. The number of aliphatic imine (C=N–C) groups is 1. The summed E-state index contributed by atoms with van der Waals surface area (Å²) in [4.78, 5) is 14.3. The molecule has 1 aromatic carbocycles. The molecule has 0 N–H and O–H groups in total. The van der Waals surface area contributed by atoms with Gasteiger partial charge in [-0.15, -0.1) is 0 Å². The van der Waals surface area contributed by atoms with E-state index in [0.717, 1.165) is 69.8 Å². The van der Waals surface area contributed by atoms with Crippen LogP contribution in [0, 0.1) is 0 Å². The predicted molar refractivity (Wildman–Crippen MR) is 132 cm³/mol. The summed E-state index contributed by atoms with van der Waals surface area (Å²) in [5, 5.41) is 4.71. The number of rotatable bonds is 8. The van der Waals surface area contributed by atoms with Crippen molar-refractivity contribution < 1.29 is 4.74 Å². The van der Waals surface area contributed by atoms with Crippen LogP contribution in [0.2, 0.25) is 0 Å². The number of pyridine rings is 2. The van der Waals surface area contributed by atoms with Gasteiger partial charge in [0.1, 0.15) is 0 Å². The molecule has 0 amide bonds. The Hall–Kier alpha value is -3.64. The molecule has 6 nitrogen and oxygen atoms in total. The highest BCUT2D eigenvalue weighted by Gasteiger charge is 2.18. The van der Waals surface area contributed by atoms with Gasteiger partial charge in [-0.3, -0.25) is 14.7 Å². The van der Waals surface area contributed by atoms with Gasteiger partial charge in [0.05, 0.1) is 41.3 Å². The monoisotopic (exact) mass is 437 g/mol. The number of methoxy groups -OCH3 is 1. The maximum atomic E-state index is 5.29. The van der Waals surface area contributed by atoms with Crippen LogP contribution in [0.1, 0.15) is 36.6 Å². The SMILES string of the molecule is CCCCn1ccc(-c2cnc3ccc(C4=CCN=C4c4cccc(COC)c4)nc3c2)n1. The zero-order chi connectivity index (χ0) is 22.6. The maximum absolute atomic E-state index is 5.29. The second-order valence-electron chi connectivity index (χ2n) is 8.22. The van der Waals surface area contributed by atoms with Crippen molar-refractivity contribution in [3.63, 3.8) is 0 Å². The summed E-state index contributed by atoms with van der Waals surface area (Å²) in [6, 6.07) is 16.5. The second-order valence-corrected chi connectivity index (χ2v) is 8.22. The van der Waals surface area contributed by atoms with E-state index in [2.05, 4.69) is 42.2 Å². The van der Waals surface area contributed by atoms with E-state index in [4.69, 9.17) is 19.8 Å². The van der Waals surface area contributed by atoms with Crippen molar-refractivity contribution in [2.45, 2.75) is 32.9 Å². The summed E-state index contributed by atoms with van der Waals surface area (Å²) in [5.41, 5.74) is 8.76. The first-order valence-corrected chi connectivity index (χ1v) is 11.4. The van der Waals surface area contributed by atoms with Gasteiger partial charge in [0.15, 0.2) is 0 Å². The van der Waals surface area contributed by atoms with Gasteiger partial charge in [0, 0.05) is 42.7 Å². The molecule has 3 aromatic heterocycles. The van der Waals surface area contributed by atoms with Gasteiger partial charge < -0.3 is 4.74 Å². The molecule has 4 heterocycles. The fourth-order valence-corrected chi connectivity index (χ4v) is 4.11. The molecule has 0 atom stereocenters. The zero-order valence-corrected chi connectivity index (χ0v) is 19.0. The van der Waals surface area contributed by atoms with Crippen LogP contribution in [0.5, 0.6) is 0 Å². The summed E-state index contributed by atoms with van der Waals surface area (Å²) in [7, 11) is 1.71. The van der Waals surface area contributed by atoms with Crippen molar-refractivity contribution in [1.29, 1.82) is 0 Å². The summed E-state index contributed by atoms with van der Waals surface area (Å²) >= 11 is 0. The number of ether oxygens (including phenoxy) is 1. The Morgan fingerprint density at radius 1 is 1.00 bits per heavy atom. The lowest BCUT2D eigenvalue weighted by molar-refractivity contribution is 0.185. The van der Waals surface area contributed by atoms with Gasteiger partial charge >= 0.3 is 0 Å². The van der Waals surface area contributed by atoms with Crippen LogP contribution in [0.25, 0.3) is 27.9 Å². The number of unbranched alkanes of at least 4 members (excludes halogenated alkanes) is 1. The lowest BCUT2D eigenvalue weighted by Crippen LogP contribution is -2.04. The van der Waals surface area contributed by atoms with Crippen molar-refractivity contribution in [1.82, 2.24) is 19.7 Å². The van der Waals surface area contributed by atoms with Gasteiger partial charge in [0.2, 0.25) is 0 Å². The molecule has 0 radical (unpaired) electrons. The number of nitrogens with zero attached hydrogens (tertiary/aromatic N) is 5. The van der Waals surface area contributed by atoms with Gasteiger partial charge in [-0.25, -0.2) is 4.98 Å². The van der Waals surface area contributed by atoms with E-state index in [1.807, 2.05) is 41.3 Å². The minimum Gasteiger partial charge on any atom is -0.380 e. The second kappa shape index (κ2) is 9.46. The molecule has 0 bridgehead atoms. The van der Waals surface area contributed by atoms with Crippen LogP contribution in [0.4, 0.5) is 0 Å². The first-order chi connectivity index (χ1) is 16.2. The molecular weight excluding hydrogens is 410 g/mol. The van der Waals surface area contributed by atoms with Crippen molar-refractivity contribution in [2.24, 2.45) is 4.99 Å². The molecule has 0 spiro atoms. The third-order valence-corrected chi connectivity index (χ3v) is 5.80. The summed E-state index contributed by atoms with van der Waals surface area (Å²) in [6.45, 7) is 4.36. The average molecular weight is 438 g/mol. The molecule has 33 heavy (non-hydrogen) atoms. The Morgan fingerprint density at radius 2 is 1.94 bits per heavy atom. The standard InChI is InChI=1S/C27H27N5O/c1-3-4-13-32-14-11-23(31-32)21-16-26-25(29-17-21)9-8-24(30-26)22-10-12-28-27(22)20-7-5-6-19(15-20)18-33-2/h5-11,14-17H,3-4,12-13,18H2,1-2H3. The molecular formula is C27H27N5O. The molecule has 6 heteroatoms. The fraction of sp³-hybridized carbons (Fsp3) is 0.259. The highest BCUT2D eigenvalue weighted by molar-refractivity contribution is 6.32. The van der Waals surface area contributed by atoms with E-state index < -0.39 is 0 Å². The Morgan fingerprint density at radius 3 is 2.82 bits per heavy atom. The van der Waals surface area contributed by atoms with Crippen molar-refractivity contribution in [3.05, 3.63) is 83.8 Å². The molecule has 0 saturated heterocycles. The quantitative estimate of drug-likeness (QED) is 0.374. The predicted octanol–water partition coefficient (Wildman–Crippen LogP) is 5.33. The largest absolute Gasteiger partial charge is 0.380 e. The Kier molecular flexibility index (Phi) is 6.09. The van der Waals surface area contributed by atoms with Crippen LogP contribution in [-0.4, -0.2) is 39.1 Å². The number of aryl methyl sites for hydroxylation is 1. The molecule has 166 valence electrons. The first-order valence-electron chi connectivity index (χ1n) is 11.4. The number of benzene rings is 1. The number of allylic oxidation sites excluding steroid dienone is 1. The Balaban J connectivity index is 1.46. The molecule has 0 aliphatic carbocycles. The van der Waals surface area contributed by atoms with Gasteiger partial charge in [-0.1, -0.05) is 37.6 Å². The minimum absolute atomic E-state index is 0.580.